The van der Waals surface area contributed by atoms with Gasteiger partial charge < -0.3 is 5.32 Å². The van der Waals surface area contributed by atoms with Crippen LogP contribution in [-0.4, -0.2) is 12.0 Å². The van der Waals surface area contributed by atoms with Gasteiger partial charge in [0.25, 0.3) is 0 Å². The molecule has 1 unspecified atom stereocenters. The summed E-state index contributed by atoms with van der Waals surface area (Å²) in [5.74, 6) is -1.31. The van der Waals surface area contributed by atoms with E-state index >= 15 is 0 Å². The van der Waals surface area contributed by atoms with Crippen LogP contribution in [0.3, 0.4) is 0 Å². The lowest BCUT2D eigenvalue weighted by atomic mass is 10.0. The number of pyridine rings is 1. The van der Waals surface area contributed by atoms with Crippen LogP contribution >= 0.6 is 0 Å². The fourth-order valence-corrected chi connectivity index (χ4v) is 1.94. The van der Waals surface area contributed by atoms with Gasteiger partial charge in [-0.1, -0.05) is 0 Å². The average Bonchev–Trinajstić information content (AvgIpc) is 2.43. The molecule has 2 nitrogen and oxygen atoms in total. The Morgan fingerprint density at radius 2 is 1.81 bits per heavy atom. The van der Waals surface area contributed by atoms with Crippen LogP contribution in [0.4, 0.5) is 22.0 Å². The summed E-state index contributed by atoms with van der Waals surface area (Å²) in [7, 11) is 1.48. The normalized spacial score (nSPS) is 13.2. The first kappa shape index (κ1) is 15.4. The van der Waals surface area contributed by atoms with E-state index in [1.165, 1.54) is 7.05 Å². The molecule has 21 heavy (non-hydrogen) atoms. The van der Waals surface area contributed by atoms with Crippen LogP contribution in [0.5, 0.6) is 0 Å². The predicted octanol–water partition coefficient (Wildman–Crippen LogP) is 3.69. The maximum atomic E-state index is 13.7. The first-order valence-electron chi connectivity index (χ1n) is 5.98. The van der Waals surface area contributed by atoms with Crippen LogP contribution < -0.4 is 5.32 Å². The molecule has 1 heterocycles. The first-order chi connectivity index (χ1) is 9.82. The number of hydrogen-bond acceptors (Lipinski definition) is 2. The molecule has 7 heteroatoms. The van der Waals surface area contributed by atoms with Crippen molar-refractivity contribution in [3.05, 3.63) is 65.0 Å². The van der Waals surface area contributed by atoms with Gasteiger partial charge in [-0.15, -0.1) is 0 Å². The Labute approximate surface area is 117 Å². The molecule has 0 bridgehead atoms. The Bertz CT molecular complexity index is 622. The molecule has 1 aromatic heterocycles. The van der Waals surface area contributed by atoms with Gasteiger partial charge in [0.2, 0.25) is 0 Å². The van der Waals surface area contributed by atoms with Crippen molar-refractivity contribution in [2.75, 3.05) is 7.05 Å². The SMILES string of the molecule is CNC(c1ccc(C(F)(F)F)cn1)c1cc(F)ccc1F. The molecule has 1 aromatic carbocycles. The topological polar surface area (TPSA) is 24.9 Å². The van der Waals surface area contributed by atoms with Crippen LogP contribution in [0.15, 0.2) is 36.5 Å². The van der Waals surface area contributed by atoms with Gasteiger partial charge in [-0.2, -0.15) is 13.2 Å². The third-order valence-electron chi connectivity index (χ3n) is 2.97. The molecule has 0 aliphatic heterocycles. The number of nitrogens with one attached hydrogen (secondary N) is 1. The van der Waals surface area contributed by atoms with Crippen molar-refractivity contribution in [2.45, 2.75) is 12.2 Å². The van der Waals surface area contributed by atoms with Crippen LogP contribution in [0.2, 0.25) is 0 Å². The fraction of sp³-hybridized carbons (Fsp3) is 0.214. The van der Waals surface area contributed by atoms with E-state index in [1.54, 1.807) is 0 Å². The van der Waals surface area contributed by atoms with Gasteiger partial charge in [0.15, 0.2) is 0 Å². The monoisotopic (exact) mass is 302 g/mol. The summed E-state index contributed by atoms with van der Waals surface area (Å²) >= 11 is 0. The van der Waals surface area contributed by atoms with Crippen molar-refractivity contribution in [3.8, 4) is 0 Å². The van der Waals surface area contributed by atoms with Crippen molar-refractivity contribution in [1.82, 2.24) is 10.3 Å². The summed E-state index contributed by atoms with van der Waals surface area (Å²) in [6.45, 7) is 0. The summed E-state index contributed by atoms with van der Waals surface area (Å²) in [6.07, 6.45) is -3.83. The molecule has 0 spiro atoms. The van der Waals surface area contributed by atoms with Gasteiger partial charge in [-0.05, 0) is 37.4 Å². The van der Waals surface area contributed by atoms with E-state index < -0.39 is 29.4 Å². The molecule has 0 fully saturated rings. The second-order valence-corrected chi connectivity index (χ2v) is 4.36. The van der Waals surface area contributed by atoms with E-state index in [1.807, 2.05) is 0 Å². The number of nitrogens with zero attached hydrogens (tertiary/aromatic N) is 1. The molecule has 0 aliphatic carbocycles. The summed E-state index contributed by atoms with van der Waals surface area (Å²) in [4.78, 5) is 3.69. The smallest absolute Gasteiger partial charge is 0.308 e. The highest BCUT2D eigenvalue weighted by molar-refractivity contribution is 5.30. The lowest BCUT2D eigenvalue weighted by Gasteiger charge is -2.17. The fourth-order valence-electron chi connectivity index (χ4n) is 1.94. The van der Waals surface area contributed by atoms with Crippen molar-refractivity contribution < 1.29 is 22.0 Å². The minimum Gasteiger partial charge on any atom is -0.308 e. The van der Waals surface area contributed by atoms with Gasteiger partial charge in [-0.25, -0.2) is 8.78 Å². The quantitative estimate of drug-likeness (QED) is 0.875. The zero-order valence-electron chi connectivity index (χ0n) is 10.9. The van der Waals surface area contributed by atoms with Crippen LogP contribution in [-0.2, 0) is 6.18 Å². The number of aromatic nitrogens is 1. The number of rotatable bonds is 3. The molecule has 2 aromatic rings. The minimum atomic E-state index is -4.50. The Kier molecular flexibility index (Phi) is 4.22. The number of halogens is 5. The van der Waals surface area contributed by atoms with Crippen molar-refractivity contribution in [3.63, 3.8) is 0 Å². The maximum Gasteiger partial charge on any atom is 0.417 e. The van der Waals surface area contributed by atoms with Crippen LogP contribution in [0.1, 0.15) is 22.9 Å². The van der Waals surface area contributed by atoms with E-state index in [-0.39, 0.29) is 11.3 Å². The third kappa shape index (κ3) is 3.36. The highest BCUT2D eigenvalue weighted by Crippen LogP contribution is 2.30. The van der Waals surface area contributed by atoms with E-state index in [9.17, 15) is 22.0 Å². The maximum absolute atomic E-state index is 13.7. The Morgan fingerprint density at radius 1 is 1.10 bits per heavy atom. The van der Waals surface area contributed by atoms with E-state index in [4.69, 9.17) is 0 Å². The lowest BCUT2D eigenvalue weighted by molar-refractivity contribution is -0.137. The molecular formula is C14H11F5N2. The van der Waals surface area contributed by atoms with Crippen molar-refractivity contribution >= 4 is 0 Å². The van der Waals surface area contributed by atoms with Crippen molar-refractivity contribution in [2.24, 2.45) is 0 Å². The predicted molar refractivity (Wildman–Crippen MR) is 66.5 cm³/mol. The molecule has 0 aliphatic rings. The summed E-state index contributed by atoms with van der Waals surface area (Å²) in [5, 5.41) is 2.71. The number of alkyl halides is 3. The molecule has 0 radical (unpaired) electrons. The zero-order valence-corrected chi connectivity index (χ0v) is 10.9. The summed E-state index contributed by atoms with van der Waals surface area (Å²) < 4.78 is 64.4. The van der Waals surface area contributed by atoms with Gasteiger partial charge in [0.05, 0.1) is 17.3 Å². The van der Waals surface area contributed by atoms with E-state index in [0.29, 0.717) is 6.20 Å². The zero-order chi connectivity index (χ0) is 15.6. The van der Waals surface area contributed by atoms with Crippen molar-refractivity contribution in [1.29, 1.82) is 0 Å². The van der Waals surface area contributed by atoms with Crippen LogP contribution in [0.25, 0.3) is 0 Å². The molecule has 0 amide bonds. The highest BCUT2D eigenvalue weighted by atomic mass is 19.4. The summed E-state index contributed by atoms with van der Waals surface area (Å²) in [5.41, 5.74) is -0.763. The molecule has 0 saturated carbocycles. The standard InChI is InChI=1S/C14H11F5N2/c1-20-13(10-6-9(15)3-4-11(10)16)12-5-2-8(7-21-12)14(17,18)19/h2-7,13,20H,1H3. The summed E-state index contributed by atoms with van der Waals surface area (Å²) in [6, 6.07) is 4.04. The number of benzene rings is 1. The minimum absolute atomic E-state index is 0.0234. The lowest BCUT2D eigenvalue weighted by Crippen LogP contribution is -2.20. The largest absolute Gasteiger partial charge is 0.417 e. The van der Waals surface area contributed by atoms with Gasteiger partial charge in [0.1, 0.15) is 11.6 Å². The Morgan fingerprint density at radius 3 is 2.33 bits per heavy atom. The molecule has 2 rings (SSSR count). The van der Waals surface area contributed by atoms with Gasteiger partial charge in [-0.3, -0.25) is 4.98 Å². The van der Waals surface area contributed by atoms with E-state index in [0.717, 1.165) is 30.3 Å². The molecular weight excluding hydrogens is 291 g/mol. The third-order valence-corrected chi connectivity index (χ3v) is 2.97. The Hall–Kier alpha value is -2.02. The first-order valence-corrected chi connectivity index (χ1v) is 5.98. The van der Waals surface area contributed by atoms with E-state index in [2.05, 4.69) is 10.3 Å². The molecule has 112 valence electrons. The molecule has 1 N–H and O–H groups in total. The second kappa shape index (κ2) is 5.77. The van der Waals surface area contributed by atoms with Gasteiger partial charge in [0, 0.05) is 11.8 Å². The second-order valence-electron chi connectivity index (χ2n) is 4.36. The number of hydrogen-bond donors (Lipinski definition) is 1. The molecule has 1 atom stereocenters. The highest BCUT2D eigenvalue weighted by Gasteiger charge is 2.31. The van der Waals surface area contributed by atoms with Crippen LogP contribution in [0, 0.1) is 11.6 Å². The Balaban J connectivity index is 2.40. The van der Waals surface area contributed by atoms with Gasteiger partial charge >= 0.3 is 6.18 Å². The average molecular weight is 302 g/mol. The molecule has 0 saturated heterocycles.